The number of hydrogen-bond acceptors (Lipinski definition) is 5. The Morgan fingerprint density at radius 1 is 0.909 bits per heavy atom. The minimum atomic E-state index is -0.594. The molecule has 0 bridgehead atoms. The zero-order valence-electron chi connectivity index (χ0n) is 19.7. The van der Waals surface area contributed by atoms with E-state index in [0.717, 1.165) is 51.1 Å². The molecule has 1 fully saturated rings. The minimum absolute atomic E-state index is 0.0436. The molecule has 2 heterocycles. The molecule has 2 aromatic carbocycles. The van der Waals surface area contributed by atoms with Gasteiger partial charge in [-0.2, -0.15) is 0 Å². The van der Waals surface area contributed by atoms with Crippen LogP contribution in [0.15, 0.2) is 48.5 Å². The Morgan fingerprint density at radius 3 is 2.39 bits per heavy atom. The van der Waals surface area contributed by atoms with Crippen LogP contribution in [-0.4, -0.2) is 75.0 Å². The number of rotatable bonds is 6. The first-order chi connectivity index (χ1) is 16.0. The van der Waals surface area contributed by atoms with E-state index in [2.05, 4.69) is 57.6 Å². The molecule has 2 aliphatic heterocycles. The number of amides is 2. The van der Waals surface area contributed by atoms with Crippen molar-refractivity contribution in [3.8, 4) is 0 Å². The monoisotopic (exact) mass is 449 g/mol. The summed E-state index contributed by atoms with van der Waals surface area (Å²) in [6.07, 6.45) is 2.24. The maximum atomic E-state index is 12.6. The summed E-state index contributed by atoms with van der Waals surface area (Å²) in [6.45, 7) is 5.71. The van der Waals surface area contributed by atoms with Crippen molar-refractivity contribution in [1.82, 2.24) is 20.4 Å². The molecule has 2 amide bonds. The van der Waals surface area contributed by atoms with Gasteiger partial charge >= 0.3 is 11.8 Å². The van der Waals surface area contributed by atoms with Crippen molar-refractivity contribution in [2.75, 3.05) is 58.3 Å². The topological polar surface area (TPSA) is 67.9 Å². The Hall–Kier alpha value is -2.90. The first kappa shape index (κ1) is 23.3. The van der Waals surface area contributed by atoms with E-state index in [-0.39, 0.29) is 6.04 Å². The lowest BCUT2D eigenvalue weighted by Crippen LogP contribution is -2.49. The lowest BCUT2D eigenvalue weighted by Gasteiger charge is -2.39. The lowest BCUT2D eigenvalue weighted by molar-refractivity contribution is -0.139. The molecule has 0 aromatic heterocycles. The third-order valence-corrected chi connectivity index (χ3v) is 6.78. The Morgan fingerprint density at radius 2 is 1.64 bits per heavy atom. The van der Waals surface area contributed by atoms with Crippen LogP contribution in [0, 0.1) is 0 Å². The number of nitrogens with one attached hydrogen (secondary N) is 2. The predicted molar refractivity (Wildman–Crippen MR) is 131 cm³/mol. The first-order valence-electron chi connectivity index (χ1n) is 11.9. The van der Waals surface area contributed by atoms with Crippen molar-refractivity contribution in [2.24, 2.45) is 0 Å². The van der Waals surface area contributed by atoms with Crippen molar-refractivity contribution in [3.63, 3.8) is 0 Å². The standard InChI is InChI=1S/C26H35N5O2/c1-29-13-15-31(16-14-29)24(22-10-11-23-21(17-22)9-6-12-30(23)2)19-28-26(33)25(32)27-18-20-7-4-3-5-8-20/h3-5,7-8,10-11,17,24H,6,9,12-16,18-19H2,1-2H3,(H,27,32)(H,28,33)/t24-/m1/s1. The van der Waals surface area contributed by atoms with Crippen molar-refractivity contribution in [1.29, 1.82) is 0 Å². The molecule has 2 aliphatic rings. The van der Waals surface area contributed by atoms with Gasteiger partial charge in [0.05, 0.1) is 6.04 Å². The summed E-state index contributed by atoms with van der Waals surface area (Å²) in [5, 5.41) is 5.61. The Kier molecular flexibility index (Phi) is 7.62. The molecule has 1 atom stereocenters. The maximum Gasteiger partial charge on any atom is 0.309 e. The number of anilines is 1. The Labute approximate surface area is 196 Å². The van der Waals surface area contributed by atoms with Gasteiger partial charge in [0.1, 0.15) is 0 Å². The van der Waals surface area contributed by atoms with Crippen molar-refractivity contribution < 1.29 is 9.59 Å². The van der Waals surface area contributed by atoms with Gasteiger partial charge in [0.15, 0.2) is 0 Å². The number of fused-ring (bicyclic) bond motifs is 1. The van der Waals surface area contributed by atoms with Crippen LogP contribution in [-0.2, 0) is 22.6 Å². The van der Waals surface area contributed by atoms with Crippen LogP contribution in [0.2, 0.25) is 0 Å². The van der Waals surface area contributed by atoms with Crippen LogP contribution in [0.5, 0.6) is 0 Å². The number of likely N-dealkylation sites (N-methyl/N-ethyl adjacent to an activating group) is 1. The molecule has 4 rings (SSSR count). The van der Waals surface area contributed by atoms with Crippen molar-refractivity contribution in [2.45, 2.75) is 25.4 Å². The molecule has 2 aromatic rings. The van der Waals surface area contributed by atoms with Gasteiger partial charge in [-0.3, -0.25) is 14.5 Å². The van der Waals surface area contributed by atoms with Gasteiger partial charge in [0, 0.05) is 58.5 Å². The largest absolute Gasteiger partial charge is 0.374 e. The van der Waals surface area contributed by atoms with Gasteiger partial charge < -0.3 is 20.4 Å². The molecule has 0 radical (unpaired) electrons. The van der Waals surface area contributed by atoms with E-state index < -0.39 is 11.8 Å². The summed E-state index contributed by atoms with van der Waals surface area (Å²) in [4.78, 5) is 32.0. The molecule has 2 N–H and O–H groups in total. The number of carbonyl (C=O) groups is 2. The second-order valence-corrected chi connectivity index (χ2v) is 9.15. The highest BCUT2D eigenvalue weighted by Crippen LogP contribution is 2.31. The summed E-state index contributed by atoms with van der Waals surface area (Å²) in [7, 11) is 4.28. The van der Waals surface area contributed by atoms with Gasteiger partial charge in [0.25, 0.3) is 0 Å². The van der Waals surface area contributed by atoms with E-state index in [0.29, 0.717) is 13.1 Å². The second-order valence-electron chi connectivity index (χ2n) is 9.15. The van der Waals surface area contributed by atoms with Crippen LogP contribution < -0.4 is 15.5 Å². The third-order valence-electron chi connectivity index (χ3n) is 6.78. The summed E-state index contributed by atoms with van der Waals surface area (Å²) < 4.78 is 0. The first-order valence-corrected chi connectivity index (χ1v) is 11.9. The lowest BCUT2D eigenvalue weighted by atomic mass is 9.95. The quantitative estimate of drug-likeness (QED) is 0.659. The summed E-state index contributed by atoms with van der Waals surface area (Å²) in [5.41, 5.74) is 4.84. The van der Waals surface area contributed by atoms with Crippen molar-refractivity contribution in [3.05, 3.63) is 65.2 Å². The third kappa shape index (κ3) is 5.92. The van der Waals surface area contributed by atoms with Crippen LogP contribution >= 0.6 is 0 Å². The zero-order chi connectivity index (χ0) is 23.2. The molecular weight excluding hydrogens is 414 g/mol. The SMILES string of the molecule is CN1CCN([C@H](CNC(=O)C(=O)NCc2ccccc2)c2ccc3c(c2)CCCN3C)CC1. The molecule has 7 nitrogen and oxygen atoms in total. The van der Waals surface area contributed by atoms with E-state index in [4.69, 9.17) is 0 Å². The molecular formula is C26H35N5O2. The minimum Gasteiger partial charge on any atom is -0.374 e. The normalized spacial score (nSPS) is 17.8. The molecule has 0 aliphatic carbocycles. The number of carbonyl (C=O) groups excluding carboxylic acids is 2. The molecule has 7 heteroatoms. The highest BCUT2D eigenvalue weighted by Gasteiger charge is 2.26. The average molecular weight is 450 g/mol. The molecule has 33 heavy (non-hydrogen) atoms. The van der Waals surface area contributed by atoms with Gasteiger partial charge in [-0.1, -0.05) is 42.5 Å². The van der Waals surface area contributed by atoms with Gasteiger partial charge in [0.2, 0.25) is 0 Å². The summed E-state index contributed by atoms with van der Waals surface area (Å²) in [6, 6.07) is 16.3. The highest BCUT2D eigenvalue weighted by atomic mass is 16.2. The fraction of sp³-hybridized carbons (Fsp3) is 0.462. The van der Waals surface area contributed by atoms with Gasteiger partial charge in [-0.05, 0) is 42.6 Å². The predicted octanol–water partition coefficient (Wildman–Crippen LogP) is 1.79. The van der Waals surface area contributed by atoms with Crippen LogP contribution in [0.1, 0.15) is 29.2 Å². The fourth-order valence-electron chi connectivity index (χ4n) is 4.73. The Balaban J connectivity index is 1.43. The van der Waals surface area contributed by atoms with Gasteiger partial charge in [-0.15, -0.1) is 0 Å². The van der Waals surface area contributed by atoms with Gasteiger partial charge in [-0.25, -0.2) is 0 Å². The van der Waals surface area contributed by atoms with Crippen LogP contribution in [0.3, 0.4) is 0 Å². The van der Waals surface area contributed by atoms with E-state index in [1.807, 2.05) is 30.3 Å². The van der Waals surface area contributed by atoms with Crippen LogP contribution in [0.4, 0.5) is 5.69 Å². The van der Waals surface area contributed by atoms with Crippen molar-refractivity contribution >= 4 is 17.5 Å². The number of nitrogens with zero attached hydrogens (tertiary/aromatic N) is 3. The summed E-state index contributed by atoms with van der Waals surface area (Å²) in [5.74, 6) is -1.18. The van der Waals surface area contributed by atoms with Crippen LogP contribution in [0.25, 0.3) is 0 Å². The Bertz CT molecular complexity index is 956. The van der Waals surface area contributed by atoms with E-state index in [1.54, 1.807) is 0 Å². The number of piperazine rings is 1. The number of benzene rings is 2. The number of hydrogen-bond donors (Lipinski definition) is 2. The fourth-order valence-corrected chi connectivity index (χ4v) is 4.73. The second kappa shape index (κ2) is 10.8. The molecule has 0 saturated carbocycles. The maximum absolute atomic E-state index is 12.6. The molecule has 176 valence electrons. The zero-order valence-corrected chi connectivity index (χ0v) is 19.7. The van der Waals surface area contributed by atoms with E-state index in [9.17, 15) is 9.59 Å². The summed E-state index contributed by atoms with van der Waals surface area (Å²) >= 11 is 0. The van der Waals surface area contributed by atoms with E-state index >= 15 is 0 Å². The average Bonchev–Trinajstić information content (AvgIpc) is 2.84. The molecule has 0 spiro atoms. The van der Waals surface area contributed by atoms with E-state index in [1.165, 1.54) is 16.8 Å². The molecule has 1 saturated heterocycles. The number of aryl methyl sites for hydroxylation is 1. The highest BCUT2D eigenvalue weighted by molar-refractivity contribution is 6.35. The smallest absolute Gasteiger partial charge is 0.309 e. The molecule has 0 unspecified atom stereocenters.